The maximum atomic E-state index is 12.0. The molecule has 1 aromatic carbocycles. The molecule has 0 saturated heterocycles. The van der Waals surface area contributed by atoms with Gasteiger partial charge in [-0.25, -0.2) is 5.48 Å². The van der Waals surface area contributed by atoms with Gasteiger partial charge in [-0.2, -0.15) is 0 Å². The van der Waals surface area contributed by atoms with Crippen LogP contribution in [0.25, 0.3) is 0 Å². The fraction of sp³-hybridized carbons (Fsp3) is 0.125. The number of nitrogens with one attached hydrogen (secondary N) is 2. The van der Waals surface area contributed by atoms with Gasteiger partial charge in [0.2, 0.25) is 0 Å². The predicted molar refractivity (Wildman–Crippen MR) is 87.0 cm³/mol. The summed E-state index contributed by atoms with van der Waals surface area (Å²) in [5.74, 6) is 4.81. The Hall–Kier alpha value is -2.66. The monoisotopic (exact) mass is 329 g/mol. The number of carbonyl (C=O) groups is 2. The van der Waals surface area contributed by atoms with Crippen molar-refractivity contribution in [3.63, 3.8) is 0 Å². The van der Waals surface area contributed by atoms with Gasteiger partial charge in [-0.15, -0.1) is 11.3 Å². The minimum absolute atomic E-state index is 0.123. The molecule has 2 aromatic rings. The summed E-state index contributed by atoms with van der Waals surface area (Å²) >= 11 is 1.56. The molecule has 0 bridgehead atoms. The van der Waals surface area contributed by atoms with Gasteiger partial charge >= 0.3 is 0 Å². The third-order valence-corrected chi connectivity index (χ3v) is 3.75. The zero-order valence-electron chi connectivity index (χ0n) is 12.1. The molecule has 1 heterocycles. The lowest BCUT2D eigenvalue weighted by molar-refractivity contribution is -0.130. The maximum absolute atomic E-state index is 12.0. The molecule has 0 radical (unpaired) electrons. The molecule has 7 heteroatoms. The van der Waals surface area contributed by atoms with Gasteiger partial charge < -0.3 is 11.1 Å². The van der Waals surface area contributed by atoms with Crippen molar-refractivity contribution in [1.82, 2.24) is 10.8 Å². The highest BCUT2D eigenvalue weighted by Crippen LogP contribution is 2.08. The Bertz CT molecular complexity index is 730. The first-order valence-electron chi connectivity index (χ1n) is 6.74. The van der Waals surface area contributed by atoms with Crippen molar-refractivity contribution in [1.29, 1.82) is 0 Å². The highest BCUT2D eigenvalue weighted by Gasteiger charge is 2.19. The van der Waals surface area contributed by atoms with E-state index in [1.165, 1.54) is 5.48 Å². The van der Waals surface area contributed by atoms with Gasteiger partial charge in [-0.1, -0.05) is 17.9 Å². The second kappa shape index (κ2) is 8.10. The summed E-state index contributed by atoms with van der Waals surface area (Å²) in [6.45, 7) is -0.123. The summed E-state index contributed by atoms with van der Waals surface area (Å²) in [6, 6.07) is 9.52. The molecule has 23 heavy (non-hydrogen) atoms. The van der Waals surface area contributed by atoms with Gasteiger partial charge in [0.05, 0.1) is 4.88 Å². The molecular formula is C16H15N3O3S. The summed E-state index contributed by atoms with van der Waals surface area (Å²) in [5.41, 5.74) is 7.99. The van der Waals surface area contributed by atoms with Crippen LogP contribution >= 0.6 is 11.3 Å². The predicted octanol–water partition coefficient (Wildman–Crippen LogP) is 0.710. The van der Waals surface area contributed by atoms with Crippen LogP contribution in [0, 0.1) is 11.8 Å². The molecule has 2 amide bonds. The lowest BCUT2D eigenvalue weighted by atomic mass is 10.1. The van der Waals surface area contributed by atoms with Crippen LogP contribution in [0.15, 0.2) is 41.8 Å². The highest BCUT2D eigenvalue weighted by molar-refractivity contribution is 7.10. The Kier molecular flexibility index (Phi) is 5.88. The summed E-state index contributed by atoms with van der Waals surface area (Å²) in [5, 5.41) is 13.0. The fourth-order valence-corrected chi connectivity index (χ4v) is 2.31. The first-order valence-corrected chi connectivity index (χ1v) is 7.62. The molecule has 6 nitrogen and oxygen atoms in total. The molecule has 0 aliphatic rings. The normalized spacial score (nSPS) is 11.0. The third kappa shape index (κ3) is 4.66. The molecule has 0 spiro atoms. The Morgan fingerprint density at radius 3 is 2.52 bits per heavy atom. The largest absolute Gasteiger partial charge is 0.339 e. The van der Waals surface area contributed by atoms with Crippen LogP contribution in [0.3, 0.4) is 0 Å². The van der Waals surface area contributed by atoms with Crippen LogP contribution < -0.4 is 16.5 Å². The number of rotatable bonds is 4. The Labute approximate surface area is 137 Å². The number of amides is 2. The van der Waals surface area contributed by atoms with Crippen molar-refractivity contribution in [2.75, 3.05) is 6.54 Å². The first-order chi connectivity index (χ1) is 11.1. The number of benzene rings is 1. The number of nitrogens with two attached hydrogens (primary N) is 1. The number of hydrogen-bond donors (Lipinski definition) is 4. The molecule has 1 aromatic heterocycles. The lowest BCUT2D eigenvalue weighted by Gasteiger charge is -2.14. The number of hydrogen-bond acceptors (Lipinski definition) is 5. The van der Waals surface area contributed by atoms with Gasteiger partial charge in [-0.05, 0) is 35.7 Å². The number of hydroxylamine groups is 1. The Morgan fingerprint density at radius 1 is 1.22 bits per heavy atom. The minimum Gasteiger partial charge on any atom is -0.339 e. The summed E-state index contributed by atoms with van der Waals surface area (Å²) < 4.78 is 0. The average molecular weight is 329 g/mol. The molecule has 0 aliphatic heterocycles. The molecule has 2 rings (SSSR count). The zero-order valence-corrected chi connectivity index (χ0v) is 12.9. The maximum Gasteiger partial charge on any atom is 0.267 e. The molecule has 118 valence electrons. The first kappa shape index (κ1) is 16.7. The van der Waals surface area contributed by atoms with Crippen molar-refractivity contribution in [3.8, 4) is 11.8 Å². The lowest BCUT2D eigenvalue weighted by Crippen LogP contribution is -2.50. The molecule has 0 aliphatic carbocycles. The number of carbonyl (C=O) groups excluding carboxylic acids is 2. The molecule has 0 fully saturated rings. The average Bonchev–Trinajstić information content (AvgIpc) is 3.11. The van der Waals surface area contributed by atoms with Gasteiger partial charge in [0, 0.05) is 17.7 Å². The van der Waals surface area contributed by atoms with Gasteiger partial charge in [0.15, 0.2) is 0 Å². The second-order valence-corrected chi connectivity index (χ2v) is 5.49. The summed E-state index contributed by atoms with van der Waals surface area (Å²) in [6.07, 6.45) is 0. The van der Waals surface area contributed by atoms with Gasteiger partial charge in [0.25, 0.3) is 11.8 Å². The topological polar surface area (TPSA) is 104 Å². The Balaban J connectivity index is 2.04. The quantitative estimate of drug-likeness (QED) is 0.377. The smallest absolute Gasteiger partial charge is 0.267 e. The molecule has 5 N–H and O–H groups in total. The van der Waals surface area contributed by atoms with Crippen molar-refractivity contribution in [2.24, 2.45) is 5.73 Å². The number of thiophene rings is 1. The van der Waals surface area contributed by atoms with Crippen LogP contribution in [0.2, 0.25) is 0 Å². The van der Waals surface area contributed by atoms with Crippen molar-refractivity contribution in [2.45, 2.75) is 6.04 Å². The van der Waals surface area contributed by atoms with Crippen LogP contribution in [-0.2, 0) is 4.79 Å². The van der Waals surface area contributed by atoms with E-state index in [4.69, 9.17) is 10.9 Å². The highest BCUT2D eigenvalue weighted by atomic mass is 32.1. The SMILES string of the molecule is NC[C@H](NC(=O)c1ccc(C#Cc2cccs2)cc1)C(=O)NO. The van der Waals surface area contributed by atoms with E-state index in [1.54, 1.807) is 35.6 Å². The zero-order chi connectivity index (χ0) is 16.7. The fourth-order valence-electron chi connectivity index (χ4n) is 1.74. The van der Waals surface area contributed by atoms with E-state index < -0.39 is 17.9 Å². The van der Waals surface area contributed by atoms with Crippen molar-refractivity contribution in [3.05, 3.63) is 57.8 Å². The van der Waals surface area contributed by atoms with Gasteiger partial charge in [-0.3, -0.25) is 14.8 Å². The summed E-state index contributed by atoms with van der Waals surface area (Å²) in [7, 11) is 0. The van der Waals surface area contributed by atoms with Crippen LogP contribution in [0.5, 0.6) is 0 Å². The molecule has 1 atom stereocenters. The second-order valence-electron chi connectivity index (χ2n) is 4.54. The molecule has 0 saturated carbocycles. The van der Waals surface area contributed by atoms with E-state index in [1.807, 2.05) is 17.5 Å². The van der Waals surface area contributed by atoms with Crippen molar-refractivity contribution < 1.29 is 14.8 Å². The van der Waals surface area contributed by atoms with Crippen LogP contribution in [-0.4, -0.2) is 29.6 Å². The minimum atomic E-state index is -0.995. The van der Waals surface area contributed by atoms with Crippen LogP contribution in [0.1, 0.15) is 20.8 Å². The molecule has 0 unspecified atom stereocenters. The van der Waals surface area contributed by atoms with E-state index in [0.29, 0.717) is 5.56 Å². The van der Waals surface area contributed by atoms with E-state index >= 15 is 0 Å². The molecular weight excluding hydrogens is 314 g/mol. The third-order valence-electron chi connectivity index (χ3n) is 2.97. The van der Waals surface area contributed by atoms with Gasteiger partial charge in [0.1, 0.15) is 6.04 Å². The van der Waals surface area contributed by atoms with Crippen LogP contribution in [0.4, 0.5) is 0 Å². The van der Waals surface area contributed by atoms with E-state index in [-0.39, 0.29) is 6.54 Å². The standard InChI is InChI=1S/C16H15N3O3S/c17-10-14(16(21)19-22)18-15(20)12-6-3-11(4-7-12)5-8-13-2-1-9-23-13/h1-4,6-7,9,14,22H,10,17H2,(H,18,20)(H,19,21)/t14-/m0/s1. The summed E-state index contributed by atoms with van der Waals surface area (Å²) in [4.78, 5) is 24.3. The van der Waals surface area contributed by atoms with Crippen molar-refractivity contribution >= 4 is 23.2 Å². The van der Waals surface area contributed by atoms with E-state index in [0.717, 1.165) is 10.4 Å². The van der Waals surface area contributed by atoms with E-state index in [2.05, 4.69) is 17.2 Å². The van der Waals surface area contributed by atoms with E-state index in [9.17, 15) is 9.59 Å². The Morgan fingerprint density at radius 2 is 1.96 bits per heavy atom.